The lowest BCUT2D eigenvalue weighted by Gasteiger charge is -2.46. The first-order valence-electron chi connectivity index (χ1n) is 7.00. The van der Waals surface area contributed by atoms with Gasteiger partial charge in [-0.15, -0.1) is 6.42 Å². The minimum atomic E-state index is -1.02. The molecule has 1 saturated heterocycles. The highest BCUT2D eigenvalue weighted by molar-refractivity contribution is 5.80. The van der Waals surface area contributed by atoms with Crippen LogP contribution in [-0.4, -0.2) is 30.4 Å². The quantitative estimate of drug-likeness (QED) is 0.582. The van der Waals surface area contributed by atoms with Crippen molar-refractivity contribution in [1.29, 1.82) is 0 Å². The van der Waals surface area contributed by atoms with Gasteiger partial charge >= 0.3 is 11.9 Å². The predicted molar refractivity (Wildman–Crippen MR) is 70.4 cm³/mol. The lowest BCUT2D eigenvalue weighted by atomic mass is 9.69. The molecular formula is C15H20O5. The van der Waals surface area contributed by atoms with Gasteiger partial charge in [-0.1, -0.05) is 5.92 Å². The standard InChI is InChI=1S/C15H20O5/c1-4-15-9-6-8-14(15,13(17)18-5-2)10-7-12(20-15)19-11(3)16/h1,12H,5-10H2,2-3H3. The molecule has 0 aromatic rings. The molecule has 2 fully saturated rings. The summed E-state index contributed by atoms with van der Waals surface area (Å²) in [5.74, 6) is 1.94. The average Bonchev–Trinajstić information content (AvgIpc) is 2.78. The highest BCUT2D eigenvalue weighted by Gasteiger charge is 2.64. The van der Waals surface area contributed by atoms with E-state index in [0.717, 1.165) is 6.42 Å². The molecule has 5 nitrogen and oxygen atoms in total. The molecule has 0 aromatic carbocycles. The van der Waals surface area contributed by atoms with Crippen molar-refractivity contribution in [3.8, 4) is 12.3 Å². The van der Waals surface area contributed by atoms with Crippen molar-refractivity contribution < 1.29 is 23.8 Å². The van der Waals surface area contributed by atoms with E-state index in [1.165, 1.54) is 6.92 Å². The van der Waals surface area contributed by atoms with Crippen molar-refractivity contribution >= 4 is 11.9 Å². The summed E-state index contributed by atoms with van der Waals surface area (Å²) in [5, 5.41) is 0. The van der Waals surface area contributed by atoms with Gasteiger partial charge in [0.2, 0.25) is 6.29 Å². The molecule has 1 aliphatic carbocycles. The maximum Gasteiger partial charge on any atom is 0.316 e. The minimum absolute atomic E-state index is 0.295. The molecule has 3 atom stereocenters. The molecule has 20 heavy (non-hydrogen) atoms. The second-order valence-electron chi connectivity index (χ2n) is 5.32. The lowest BCUT2D eigenvalue weighted by molar-refractivity contribution is -0.248. The topological polar surface area (TPSA) is 61.8 Å². The van der Waals surface area contributed by atoms with E-state index in [1.807, 2.05) is 0 Å². The fourth-order valence-electron chi connectivity index (χ4n) is 3.38. The van der Waals surface area contributed by atoms with E-state index < -0.39 is 23.3 Å². The molecule has 1 saturated carbocycles. The number of carbonyl (C=O) groups is 2. The Morgan fingerprint density at radius 2 is 2.15 bits per heavy atom. The molecule has 2 aliphatic rings. The third-order valence-corrected chi connectivity index (χ3v) is 4.24. The molecule has 0 N–H and O–H groups in total. The van der Waals surface area contributed by atoms with E-state index in [-0.39, 0.29) is 5.97 Å². The van der Waals surface area contributed by atoms with Crippen LogP contribution >= 0.6 is 0 Å². The Balaban J connectivity index is 2.27. The molecule has 0 amide bonds. The average molecular weight is 280 g/mol. The zero-order chi connectivity index (χ0) is 14.8. The van der Waals surface area contributed by atoms with Crippen molar-refractivity contribution in [2.24, 2.45) is 5.41 Å². The highest BCUT2D eigenvalue weighted by Crippen LogP contribution is 2.56. The second-order valence-corrected chi connectivity index (χ2v) is 5.32. The summed E-state index contributed by atoms with van der Waals surface area (Å²) in [6.07, 6.45) is 8.01. The van der Waals surface area contributed by atoms with Crippen molar-refractivity contribution in [2.75, 3.05) is 6.61 Å². The van der Waals surface area contributed by atoms with Gasteiger partial charge < -0.3 is 14.2 Å². The zero-order valence-electron chi connectivity index (χ0n) is 11.9. The Hall–Kier alpha value is -1.54. The number of ether oxygens (including phenoxy) is 3. The van der Waals surface area contributed by atoms with Gasteiger partial charge in [0.05, 0.1) is 6.61 Å². The number of carbonyl (C=O) groups excluding carboxylic acids is 2. The number of rotatable bonds is 3. The summed E-state index contributed by atoms with van der Waals surface area (Å²) in [4.78, 5) is 23.5. The van der Waals surface area contributed by atoms with Gasteiger partial charge in [0, 0.05) is 13.3 Å². The molecule has 3 unspecified atom stereocenters. The lowest BCUT2D eigenvalue weighted by Crippen LogP contribution is -2.56. The summed E-state index contributed by atoms with van der Waals surface area (Å²) in [6.45, 7) is 3.41. The maximum absolute atomic E-state index is 12.4. The van der Waals surface area contributed by atoms with E-state index in [4.69, 9.17) is 20.6 Å². The molecule has 1 heterocycles. The summed E-state index contributed by atoms with van der Waals surface area (Å²) in [5.41, 5.74) is -1.81. The van der Waals surface area contributed by atoms with Gasteiger partial charge in [-0.2, -0.15) is 0 Å². The smallest absolute Gasteiger partial charge is 0.316 e. The fourth-order valence-corrected chi connectivity index (χ4v) is 3.38. The van der Waals surface area contributed by atoms with Crippen molar-refractivity contribution in [1.82, 2.24) is 0 Å². The van der Waals surface area contributed by atoms with E-state index in [9.17, 15) is 9.59 Å². The Labute approximate surface area is 118 Å². The van der Waals surface area contributed by atoms with E-state index in [0.29, 0.717) is 32.3 Å². The van der Waals surface area contributed by atoms with Crippen LogP contribution in [0, 0.1) is 17.8 Å². The Morgan fingerprint density at radius 3 is 2.75 bits per heavy atom. The monoisotopic (exact) mass is 280 g/mol. The van der Waals surface area contributed by atoms with E-state index in [2.05, 4.69) is 5.92 Å². The van der Waals surface area contributed by atoms with E-state index >= 15 is 0 Å². The molecule has 1 aliphatic heterocycles. The van der Waals surface area contributed by atoms with Gasteiger partial charge in [0.15, 0.2) is 0 Å². The Kier molecular flexibility index (Phi) is 4.05. The maximum atomic E-state index is 12.4. The van der Waals surface area contributed by atoms with Crippen molar-refractivity contribution in [3.05, 3.63) is 0 Å². The first kappa shape index (κ1) is 14.9. The van der Waals surface area contributed by atoms with Crippen LogP contribution in [0.2, 0.25) is 0 Å². The first-order chi connectivity index (χ1) is 9.49. The molecular weight excluding hydrogens is 260 g/mol. The van der Waals surface area contributed by atoms with Crippen LogP contribution in [-0.2, 0) is 23.8 Å². The molecule has 5 heteroatoms. The third kappa shape index (κ3) is 2.18. The van der Waals surface area contributed by atoms with Gasteiger partial charge in [0.25, 0.3) is 0 Å². The van der Waals surface area contributed by atoms with Crippen LogP contribution in [0.1, 0.15) is 46.0 Å². The van der Waals surface area contributed by atoms with Crippen LogP contribution in [0.15, 0.2) is 0 Å². The number of terminal acetylenes is 1. The molecule has 0 radical (unpaired) electrons. The SMILES string of the molecule is C#CC12CCCC1(C(=O)OCC)CCC(OC(C)=O)O2. The Bertz CT molecular complexity index is 452. The van der Waals surface area contributed by atoms with Gasteiger partial charge in [0.1, 0.15) is 11.0 Å². The number of esters is 2. The number of hydrogen-bond donors (Lipinski definition) is 0. The summed E-state index contributed by atoms with van der Waals surface area (Å²) in [6, 6.07) is 0. The van der Waals surface area contributed by atoms with Crippen LogP contribution in [0.4, 0.5) is 0 Å². The van der Waals surface area contributed by atoms with Crippen LogP contribution < -0.4 is 0 Å². The third-order valence-electron chi connectivity index (χ3n) is 4.24. The number of hydrogen-bond acceptors (Lipinski definition) is 5. The summed E-state index contributed by atoms with van der Waals surface area (Å²) in [7, 11) is 0. The van der Waals surface area contributed by atoms with Crippen LogP contribution in [0.25, 0.3) is 0 Å². The molecule has 0 aromatic heterocycles. The van der Waals surface area contributed by atoms with Gasteiger partial charge in [-0.05, 0) is 32.6 Å². The molecule has 0 bridgehead atoms. The summed E-state index contributed by atoms with van der Waals surface area (Å²) < 4.78 is 16.2. The molecule has 2 rings (SSSR count). The van der Waals surface area contributed by atoms with Gasteiger partial charge in [-0.25, -0.2) is 0 Å². The molecule has 110 valence electrons. The fraction of sp³-hybridized carbons (Fsp3) is 0.733. The van der Waals surface area contributed by atoms with Gasteiger partial charge in [-0.3, -0.25) is 9.59 Å². The normalized spacial score (nSPS) is 35.8. The van der Waals surface area contributed by atoms with Crippen molar-refractivity contribution in [2.45, 2.75) is 57.8 Å². The molecule has 0 spiro atoms. The van der Waals surface area contributed by atoms with Crippen molar-refractivity contribution in [3.63, 3.8) is 0 Å². The predicted octanol–water partition coefficient (Wildman–Crippen LogP) is 1.79. The summed E-state index contributed by atoms with van der Waals surface area (Å²) >= 11 is 0. The largest absolute Gasteiger partial charge is 0.465 e. The van der Waals surface area contributed by atoms with E-state index in [1.54, 1.807) is 6.92 Å². The highest BCUT2D eigenvalue weighted by atomic mass is 16.7. The number of fused-ring (bicyclic) bond motifs is 1. The zero-order valence-corrected chi connectivity index (χ0v) is 11.9. The first-order valence-corrected chi connectivity index (χ1v) is 7.00. The second kappa shape index (κ2) is 5.45. The van der Waals surface area contributed by atoms with Crippen LogP contribution in [0.3, 0.4) is 0 Å². The minimum Gasteiger partial charge on any atom is -0.465 e. The Morgan fingerprint density at radius 1 is 1.40 bits per heavy atom. The van der Waals surface area contributed by atoms with Crippen LogP contribution in [0.5, 0.6) is 0 Å².